The van der Waals surface area contributed by atoms with E-state index in [2.05, 4.69) is 9.78 Å². The van der Waals surface area contributed by atoms with E-state index in [-0.39, 0.29) is 0 Å². The SMILES string of the molecule is OOC1(OO)CCCCCCCCC1. The van der Waals surface area contributed by atoms with Crippen molar-refractivity contribution in [2.75, 3.05) is 0 Å². The molecule has 0 radical (unpaired) electrons. The van der Waals surface area contributed by atoms with Crippen LogP contribution >= 0.6 is 0 Å². The van der Waals surface area contributed by atoms with Crippen molar-refractivity contribution in [3.8, 4) is 0 Å². The van der Waals surface area contributed by atoms with Crippen molar-refractivity contribution < 1.29 is 20.3 Å². The molecule has 0 heterocycles. The van der Waals surface area contributed by atoms with Crippen molar-refractivity contribution >= 4 is 0 Å². The molecule has 84 valence electrons. The standard InChI is InChI=1S/C10H20O4/c11-13-10(14-12)8-6-4-2-1-3-5-7-9-10/h11-12H,1-9H2. The summed E-state index contributed by atoms with van der Waals surface area (Å²) in [4.78, 5) is 8.58. The zero-order valence-electron chi connectivity index (χ0n) is 8.57. The summed E-state index contributed by atoms with van der Waals surface area (Å²) in [6.45, 7) is 0. The lowest BCUT2D eigenvalue weighted by Crippen LogP contribution is -2.34. The van der Waals surface area contributed by atoms with Crippen LogP contribution in [0.2, 0.25) is 0 Å². The summed E-state index contributed by atoms with van der Waals surface area (Å²) >= 11 is 0. The second-order valence-corrected chi connectivity index (χ2v) is 4.07. The summed E-state index contributed by atoms with van der Waals surface area (Å²) in [6, 6.07) is 0. The predicted molar refractivity (Wildman–Crippen MR) is 51.7 cm³/mol. The molecule has 1 saturated carbocycles. The molecule has 1 aliphatic rings. The first-order valence-corrected chi connectivity index (χ1v) is 5.48. The summed E-state index contributed by atoms with van der Waals surface area (Å²) in [5.74, 6) is -1.17. The molecule has 1 fully saturated rings. The third-order valence-electron chi connectivity index (χ3n) is 2.95. The first-order valence-electron chi connectivity index (χ1n) is 5.48. The van der Waals surface area contributed by atoms with E-state index in [0.29, 0.717) is 12.8 Å². The molecule has 0 aromatic heterocycles. The molecule has 0 amide bonds. The van der Waals surface area contributed by atoms with Crippen molar-refractivity contribution in [2.45, 2.75) is 63.6 Å². The van der Waals surface area contributed by atoms with Crippen LogP contribution in [0.1, 0.15) is 57.8 Å². The van der Waals surface area contributed by atoms with E-state index in [0.717, 1.165) is 25.7 Å². The molecule has 2 N–H and O–H groups in total. The van der Waals surface area contributed by atoms with E-state index in [1.165, 1.54) is 19.3 Å². The minimum absolute atomic E-state index is 0.556. The Morgan fingerprint density at radius 2 is 1.00 bits per heavy atom. The van der Waals surface area contributed by atoms with E-state index in [1.807, 2.05) is 0 Å². The highest BCUT2D eigenvalue weighted by atomic mass is 17.2. The van der Waals surface area contributed by atoms with Gasteiger partial charge in [0.15, 0.2) is 0 Å². The van der Waals surface area contributed by atoms with Crippen molar-refractivity contribution in [1.82, 2.24) is 0 Å². The molecule has 0 bridgehead atoms. The van der Waals surface area contributed by atoms with Crippen LogP contribution in [0, 0.1) is 0 Å². The topological polar surface area (TPSA) is 58.9 Å². The summed E-state index contributed by atoms with van der Waals surface area (Å²) in [7, 11) is 0. The van der Waals surface area contributed by atoms with Crippen LogP contribution in [0.4, 0.5) is 0 Å². The van der Waals surface area contributed by atoms with Crippen LogP contribution in [0.3, 0.4) is 0 Å². The van der Waals surface area contributed by atoms with Crippen LogP contribution in [-0.4, -0.2) is 16.3 Å². The molecule has 1 aliphatic carbocycles. The third kappa shape index (κ3) is 3.53. The van der Waals surface area contributed by atoms with Crippen LogP contribution in [-0.2, 0) is 9.78 Å². The van der Waals surface area contributed by atoms with E-state index in [1.54, 1.807) is 0 Å². The fourth-order valence-corrected chi connectivity index (χ4v) is 2.00. The molecule has 0 spiro atoms. The van der Waals surface area contributed by atoms with Crippen LogP contribution in [0.5, 0.6) is 0 Å². The Balaban J connectivity index is 2.44. The van der Waals surface area contributed by atoms with Gasteiger partial charge in [-0.25, -0.2) is 20.3 Å². The Morgan fingerprint density at radius 1 is 0.643 bits per heavy atom. The van der Waals surface area contributed by atoms with Crippen molar-refractivity contribution in [3.05, 3.63) is 0 Å². The highest BCUT2D eigenvalue weighted by Gasteiger charge is 2.32. The Morgan fingerprint density at radius 3 is 1.36 bits per heavy atom. The van der Waals surface area contributed by atoms with Gasteiger partial charge < -0.3 is 0 Å². The maximum atomic E-state index is 8.74. The van der Waals surface area contributed by atoms with Gasteiger partial charge in [-0.2, -0.15) is 0 Å². The summed E-state index contributed by atoms with van der Waals surface area (Å²) in [5.41, 5.74) is 0. The lowest BCUT2D eigenvalue weighted by molar-refractivity contribution is -0.490. The van der Waals surface area contributed by atoms with Crippen LogP contribution in [0.25, 0.3) is 0 Å². The Bertz CT molecular complexity index is 133. The van der Waals surface area contributed by atoms with Gasteiger partial charge in [0, 0.05) is 12.8 Å². The van der Waals surface area contributed by atoms with Gasteiger partial charge in [0.05, 0.1) is 0 Å². The molecule has 0 aromatic carbocycles. The molecular formula is C10H20O4. The lowest BCUT2D eigenvalue weighted by atomic mass is 9.97. The average molecular weight is 204 g/mol. The van der Waals surface area contributed by atoms with Crippen LogP contribution < -0.4 is 0 Å². The fraction of sp³-hybridized carbons (Fsp3) is 1.00. The Kier molecular flexibility index (Phi) is 5.40. The summed E-state index contributed by atoms with van der Waals surface area (Å²) in [5, 5.41) is 17.5. The molecule has 0 aliphatic heterocycles. The quantitative estimate of drug-likeness (QED) is 0.412. The minimum atomic E-state index is -1.17. The molecular weight excluding hydrogens is 184 g/mol. The lowest BCUT2D eigenvalue weighted by Gasteiger charge is -2.27. The fourth-order valence-electron chi connectivity index (χ4n) is 2.00. The Labute approximate surface area is 84.7 Å². The number of hydrogen-bond acceptors (Lipinski definition) is 4. The third-order valence-corrected chi connectivity index (χ3v) is 2.95. The van der Waals surface area contributed by atoms with Gasteiger partial charge in [-0.3, -0.25) is 0 Å². The molecule has 0 saturated heterocycles. The van der Waals surface area contributed by atoms with E-state index >= 15 is 0 Å². The zero-order valence-corrected chi connectivity index (χ0v) is 8.57. The Hall–Kier alpha value is -0.160. The van der Waals surface area contributed by atoms with Gasteiger partial charge in [-0.15, -0.1) is 0 Å². The maximum absolute atomic E-state index is 8.74. The van der Waals surface area contributed by atoms with E-state index < -0.39 is 5.79 Å². The van der Waals surface area contributed by atoms with Crippen molar-refractivity contribution in [2.24, 2.45) is 0 Å². The highest BCUT2D eigenvalue weighted by molar-refractivity contribution is 4.68. The number of hydrogen-bond donors (Lipinski definition) is 2. The second-order valence-electron chi connectivity index (χ2n) is 4.07. The van der Waals surface area contributed by atoms with Crippen molar-refractivity contribution in [3.63, 3.8) is 0 Å². The van der Waals surface area contributed by atoms with Gasteiger partial charge >= 0.3 is 0 Å². The molecule has 1 rings (SSSR count). The molecule has 0 atom stereocenters. The molecule has 4 nitrogen and oxygen atoms in total. The smallest absolute Gasteiger partial charge is 0.233 e. The monoisotopic (exact) mass is 204 g/mol. The molecule has 0 aromatic rings. The highest BCUT2D eigenvalue weighted by Crippen LogP contribution is 2.28. The minimum Gasteiger partial charge on any atom is -0.249 e. The van der Waals surface area contributed by atoms with Crippen LogP contribution in [0.15, 0.2) is 0 Å². The summed E-state index contributed by atoms with van der Waals surface area (Å²) < 4.78 is 0. The molecule has 0 unspecified atom stereocenters. The zero-order chi connectivity index (χ0) is 10.3. The van der Waals surface area contributed by atoms with Gasteiger partial charge in [0.25, 0.3) is 0 Å². The first kappa shape index (κ1) is 11.9. The molecule has 14 heavy (non-hydrogen) atoms. The van der Waals surface area contributed by atoms with E-state index in [9.17, 15) is 0 Å². The van der Waals surface area contributed by atoms with Gasteiger partial charge in [-0.1, -0.05) is 32.1 Å². The van der Waals surface area contributed by atoms with Gasteiger partial charge in [0.2, 0.25) is 5.79 Å². The molecule has 4 heteroatoms. The first-order chi connectivity index (χ1) is 6.83. The average Bonchev–Trinajstić information content (AvgIpc) is 2.26. The largest absolute Gasteiger partial charge is 0.249 e. The van der Waals surface area contributed by atoms with Gasteiger partial charge in [0.1, 0.15) is 0 Å². The van der Waals surface area contributed by atoms with E-state index in [4.69, 9.17) is 10.5 Å². The van der Waals surface area contributed by atoms with Gasteiger partial charge in [-0.05, 0) is 12.8 Å². The summed E-state index contributed by atoms with van der Waals surface area (Å²) in [6.07, 6.45) is 8.87. The van der Waals surface area contributed by atoms with Crippen molar-refractivity contribution in [1.29, 1.82) is 0 Å². The number of rotatable bonds is 2. The second kappa shape index (κ2) is 6.35. The maximum Gasteiger partial charge on any atom is 0.233 e. The predicted octanol–water partition coefficient (Wildman–Crippen LogP) is 3.19. The normalized spacial score (nSPS) is 24.4.